The number of aromatic nitrogens is 2. The summed E-state index contributed by atoms with van der Waals surface area (Å²) in [5, 5.41) is 11.8. The van der Waals surface area contributed by atoms with Crippen molar-refractivity contribution in [2.45, 2.75) is 0 Å². The van der Waals surface area contributed by atoms with E-state index in [1.165, 1.54) is 12.5 Å². The molecule has 0 aliphatic carbocycles. The van der Waals surface area contributed by atoms with Crippen LogP contribution in [-0.2, 0) is 0 Å². The van der Waals surface area contributed by atoms with Gasteiger partial charge in [0, 0.05) is 4.47 Å². The number of nitrogen functional groups attached to an aromatic ring is 1. The molecule has 0 aliphatic heterocycles. The van der Waals surface area contributed by atoms with Crippen molar-refractivity contribution < 1.29 is 0 Å². The largest absolute Gasteiger partial charge is 0.394 e. The van der Waals surface area contributed by atoms with E-state index in [9.17, 15) is 0 Å². The Labute approximate surface area is 106 Å². The molecule has 3 N–H and O–H groups in total. The number of nitrogens with one attached hydrogen (secondary N) is 1. The zero-order valence-corrected chi connectivity index (χ0v) is 10.3. The summed E-state index contributed by atoms with van der Waals surface area (Å²) in [5.41, 5.74) is 7.55. The smallest absolute Gasteiger partial charge is 0.157 e. The molecule has 0 atom stereocenters. The number of halogens is 1. The number of rotatable bonds is 2. The third kappa shape index (κ3) is 2.52. The lowest BCUT2D eigenvalue weighted by Gasteiger charge is -2.09. The highest BCUT2D eigenvalue weighted by atomic mass is 79.9. The van der Waals surface area contributed by atoms with E-state index in [4.69, 9.17) is 11.0 Å². The Morgan fingerprint density at radius 2 is 2.24 bits per heavy atom. The van der Waals surface area contributed by atoms with Gasteiger partial charge in [-0.05, 0) is 34.1 Å². The Morgan fingerprint density at radius 1 is 1.41 bits per heavy atom. The van der Waals surface area contributed by atoms with Crippen LogP contribution in [0.1, 0.15) is 5.56 Å². The highest BCUT2D eigenvalue weighted by Crippen LogP contribution is 2.27. The predicted octanol–water partition coefficient (Wildman–Crippen LogP) is 2.44. The Bertz CT molecular complexity index is 591. The van der Waals surface area contributed by atoms with Gasteiger partial charge in [0.05, 0.1) is 29.2 Å². The van der Waals surface area contributed by atoms with Gasteiger partial charge in [-0.1, -0.05) is 0 Å². The molecule has 1 aromatic carbocycles. The fourth-order valence-electron chi connectivity index (χ4n) is 1.26. The van der Waals surface area contributed by atoms with E-state index >= 15 is 0 Å². The van der Waals surface area contributed by atoms with Crippen molar-refractivity contribution in [3.8, 4) is 6.07 Å². The normalized spacial score (nSPS) is 9.65. The van der Waals surface area contributed by atoms with E-state index in [0.717, 1.165) is 10.2 Å². The molecule has 0 unspecified atom stereocenters. The van der Waals surface area contributed by atoms with Gasteiger partial charge in [-0.2, -0.15) is 5.26 Å². The fraction of sp³-hybridized carbons (Fsp3) is 0. The van der Waals surface area contributed by atoms with Crippen LogP contribution in [0.25, 0.3) is 0 Å². The van der Waals surface area contributed by atoms with Crippen molar-refractivity contribution in [1.29, 1.82) is 5.26 Å². The molecule has 0 amide bonds. The molecule has 84 valence electrons. The van der Waals surface area contributed by atoms with Crippen molar-refractivity contribution in [1.82, 2.24) is 9.97 Å². The van der Waals surface area contributed by atoms with Gasteiger partial charge in [0.25, 0.3) is 0 Å². The molecule has 6 heteroatoms. The topological polar surface area (TPSA) is 87.6 Å². The predicted molar refractivity (Wildman–Crippen MR) is 68.6 cm³/mol. The maximum Gasteiger partial charge on any atom is 0.157 e. The average molecular weight is 290 g/mol. The zero-order chi connectivity index (χ0) is 12.3. The minimum Gasteiger partial charge on any atom is -0.394 e. The number of nitrogens with zero attached hydrogens (tertiary/aromatic N) is 3. The highest BCUT2D eigenvalue weighted by Gasteiger charge is 2.05. The molecular formula is C11H8BrN5. The van der Waals surface area contributed by atoms with Crippen molar-refractivity contribution in [3.05, 3.63) is 40.8 Å². The van der Waals surface area contributed by atoms with Crippen LogP contribution < -0.4 is 11.1 Å². The van der Waals surface area contributed by atoms with Crippen LogP contribution in [0.4, 0.5) is 17.2 Å². The van der Waals surface area contributed by atoms with Crippen LogP contribution in [-0.4, -0.2) is 9.97 Å². The summed E-state index contributed by atoms with van der Waals surface area (Å²) < 4.78 is 0.773. The van der Waals surface area contributed by atoms with Crippen LogP contribution in [0.3, 0.4) is 0 Å². The van der Waals surface area contributed by atoms with E-state index in [2.05, 4.69) is 37.3 Å². The quantitative estimate of drug-likeness (QED) is 0.887. The first-order chi connectivity index (χ1) is 8.20. The van der Waals surface area contributed by atoms with Crippen molar-refractivity contribution in [2.24, 2.45) is 0 Å². The molecule has 5 nitrogen and oxygen atoms in total. The van der Waals surface area contributed by atoms with E-state index < -0.39 is 0 Å². The lowest BCUT2D eigenvalue weighted by atomic mass is 10.2. The molecule has 0 radical (unpaired) electrons. The first-order valence-electron chi connectivity index (χ1n) is 4.73. The third-order valence-electron chi connectivity index (χ3n) is 2.09. The van der Waals surface area contributed by atoms with Gasteiger partial charge in [0.2, 0.25) is 0 Å². The molecule has 0 bridgehead atoms. The second-order valence-electron chi connectivity index (χ2n) is 3.26. The molecule has 0 saturated heterocycles. The maximum absolute atomic E-state index is 8.75. The lowest BCUT2D eigenvalue weighted by molar-refractivity contribution is 1.17. The van der Waals surface area contributed by atoms with Crippen molar-refractivity contribution >= 4 is 33.1 Å². The van der Waals surface area contributed by atoms with E-state index in [1.807, 2.05) is 0 Å². The van der Waals surface area contributed by atoms with Gasteiger partial charge >= 0.3 is 0 Å². The molecule has 2 aromatic rings. The maximum atomic E-state index is 8.75. The minimum atomic E-state index is 0.462. The van der Waals surface area contributed by atoms with E-state index in [0.29, 0.717) is 17.1 Å². The Morgan fingerprint density at radius 3 is 2.88 bits per heavy atom. The number of anilines is 3. The van der Waals surface area contributed by atoms with Crippen LogP contribution in [0, 0.1) is 11.3 Å². The molecule has 0 saturated carbocycles. The van der Waals surface area contributed by atoms with Gasteiger partial charge in [-0.25, -0.2) is 9.97 Å². The summed E-state index contributed by atoms with van der Waals surface area (Å²) in [4.78, 5) is 7.83. The monoisotopic (exact) mass is 289 g/mol. The summed E-state index contributed by atoms with van der Waals surface area (Å²) in [6.45, 7) is 0. The molecule has 0 fully saturated rings. The molecule has 17 heavy (non-hydrogen) atoms. The van der Waals surface area contributed by atoms with Crippen LogP contribution in [0.5, 0.6) is 0 Å². The van der Waals surface area contributed by atoms with Crippen LogP contribution in [0.15, 0.2) is 35.2 Å². The second-order valence-corrected chi connectivity index (χ2v) is 4.11. The first kappa shape index (κ1) is 11.4. The summed E-state index contributed by atoms with van der Waals surface area (Å²) in [7, 11) is 0. The van der Waals surface area contributed by atoms with E-state index in [1.54, 1.807) is 18.2 Å². The van der Waals surface area contributed by atoms with Gasteiger partial charge in [0.15, 0.2) is 5.82 Å². The standard InChI is InChI=1S/C11H8BrN5/c12-8-3-7(4-13)1-2-10(8)17-11-9(14)5-15-6-16-11/h1-3,5-6H,14H2,(H,15,16,17). The first-order valence-corrected chi connectivity index (χ1v) is 5.52. The van der Waals surface area contributed by atoms with Crippen molar-refractivity contribution in [3.63, 3.8) is 0 Å². The van der Waals surface area contributed by atoms with Gasteiger partial charge in [-0.3, -0.25) is 0 Å². The Hall–Kier alpha value is -2.13. The summed E-state index contributed by atoms with van der Waals surface area (Å²) in [6, 6.07) is 7.28. The lowest BCUT2D eigenvalue weighted by Crippen LogP contribution is -2.00. The molecule has 2 rings (SSSR count). The molecular weight excluding hydrogens is 282 g/mol. The molecule has 0 spiro atoms. The number of nitrogens with two attached hydrogens (primary N) is 1. The average Bonchev–Trinajstić information content (AvgIpc) is 2.34. The molecule has 1 aromatic heterocycles. The minimum absolute atomic E-state index is 0.462. The third-order valence-corrected chi connectivity index (χ3v) is 2.75. The van der Waals surface area contributed by atoms with Crippen molar-refractivity contribution in [2.75, 3.05) is 11.1 Å². The SMILES string of the molecule is N#Cc1ccc(Nc2ncncc2N)c(Br)c1. The summed E-state index contributed by atoms with van der Waals surface area (Å²) in [6.07, 6.45) is 2.93. The van der Waals surface area contributed by atoms with Crippen LogP contribution >= 0.6 is 15.9 Å². The van der Waals surface area contributed by atoms with E-state index in [-0.39, 0.29) is 0 Å². The second kappa shape index (κ2) is 4.80. The van der Waals surface area contributed by atoms with Gasteiger partial charge in [0.1, 0.15) is 6.33 Å². The Balaban J connectivity index is 2.32. The summed E-state index contributed by atoms with van der Waals surface area (Å²) >= 11 is 3.37. The highest BCUT2D eigenvalue weighted by molar-refractivity contribution is 9.10. The summed E-state index contributed by atoms with van der Waals surface area (Å²) in [5.74, 6) is 0.533. The Kier molecular flexibility index (Phi) is 3.21. The number of benzene rings is 1. The number of nitriles is 1. The fourth-order valence-corrected chi connectivity index (χ4v) is 1.74. The van der Waals surface area contributed by atoms with Crippen LogP contribution in [0.2, 0.25) is 0 Å². The van der Waals surface area contributed by atoms with Gasteiger partial charge in [-0.15, -0.1) is 0 Å². The number of hydrogen-bond donors (Lipinski definition) is 2. The van der Waals surface area contributed by atoms with Gasteiger partial charge < -0.3 is 11.1 Å². The number of hydrogen-bond acceptors (Lipinski definition) is 5. The molecule has 1 heterocycles. The zero-order valence-electron chi connectivity index (χ0n) is 8.68. The molecule has 0 aliphatic rings.